The molecule has 0 aliphatic carbocycles. The van der Waals surface area contributed by atoms with Gasteiger partial charge in [-0.3, -0.25) is 4.79 Å². The van der Waals surface area contributed by atoms with E-state index in [1.807, 2.05) is 16.5 Å². The first-order valence-corrected chi connectivity index (χ1v) is 6.33. The smallest absolute Gasteiger partial charge is 0.270 e. The van der Waals surface area contributed by atoms with E-state index in [0.29, 0.717) is 11.4 Å². The van der Waals surface area contributed by atoms with Gasteiger partial charge in [-0.2, -0.15) is 0 Å². The van der Waals surface area contributed by atoms with Crippen molar-refractivity contribution in [2.24, 2.45) is 13.0 Å². The van der Waals surface area contributed by atoms with Crippen LogP contribution in [-0.4, -0.2) is 28.5 Å². The summed E-state index contributed by atoms with van der Waals surface area (Å²) in [6.45, 7) is 3.98. The molecule has 2 N–H and O–H groups in total. The Morgan fingerprint density at radius 1 is 1.47 bits per heavy atom. The monoisotopic (exact) mass is 235 g/mol. The van der Waals surface area contributed by atoms with Crippen molar-refractivity contribution < 1.29 is 4.79 Å². The highest BCUT2D eigenvalue weighted by atomic mass is 16.2. The molecule has 1 amide bonds. The molecular weight excluding hydrogens is 214 g/mol. The van der Waals surface area contributed by atoms with E-state index in [0.717, 1.165) is 31.8 Å². The van der Waals surface area contributed by atoms with Crippen LogP contribution in [-0.2, 0) is 7.05 Å². The number of nitrogen functional groups attached to an aromatic ring is 1. The summed E-state index contributed by atoms with van der Waals surface area (Å²) in [4.78, 5) is 14.2. The van der Waals surface area contributed by atoms with Gasteiger partial charge in [-0.1, -0.05) is 13.3 Å². The molecule has 0 unspecified atom stereocenters. The van der Waals surface area contributed by atoms with E-state index in [9.17, 15) is 4.79 Å². The Bertz CT molecular complexity index is 403. The Labute approximate surface area is 102 Å². The lowest BCUT2D eigenvalue weighted by Gasteiger charge is -2.31. The minimum absolute atomic E-state index is 0.110. The topological polar surface area (TPSA) is 51.3 Å². The van der Waals surface area contributed by atoms with Crippen LogP contribution in [0.15, 0.2) is 12.3 Å². The number of aryl methyl sites for hydroxylation is 1. The van der Waals surface area contributed by atoms with Gasteiger partial charge in [0.2, 0.25) is 0 Å². The van der Waals surface area contributed by atoms with Crippen molar-refractivity contribution in [1.82, 2.24) is 9.47 Å². The fourth-order valence-corrected chi connectivity index (χ4v) is 2.51. The summed E-state index contributed by atoms with van der Waals surface area (Å²) in [5, 5.41) is 0. The second-order valence-electron chi connectivity index (χ2n) is 4.91. The van der Waals surface area contributed by atoms with Crippen molar-refractivity contribution in [2.45, 2.75) is 26.2 Å². The van der Waals surface area contributed by atoms with Gasteiger partial charge in [-0.25, -0.2) is 0 Å². The molecule has 0 bridgehead atoms. The van der Waals surface area contributed by atoms with Gasteiger partial charge >= 0.3 is 0 Å². The predicted octanol–water partition coefficient (Wildman–Crippen LogP) is 1.87. The Morgan fingerprint density at radius 2 is 2.12 bits per heavy atom. The molecule has 1 aliphatic rings. The number of carbonyl (C=O) groups excluding carboxylic acids is 1. The first kappa shape index (κ1) is 12.0. The van der Waals surface area contributed by atoms with Crippen LogP contribution in [0.25, 0.3) is 0 Å². The lowest BCUT2D eigenvalue weighted by atomic mass is 9.94. The molecule has 1 aliphatic heterocycles. The summed E-state index contributed by atoms with van der Waals surface area (Å²) in [5.74, 6) is 0.899. The molecule has 1 saturated heterocycles. The lowest BCUT2D eigenvalue weighted by Crippen LogP contribution is -2.39. The van der Waals surface area contributed by atoms with Crippen LogP contribution in [0, 0.1) is 5.92 Å². The summed E-state index contributed by atoms with van der Waals surface area (Å²) < 4.78 is 1.81. The van der Waals surface area contributed by atoms with Crippen molar-refractivity contribution >= 4 is 11.6 Å². The number of rotatable bonds is 2. The number of nitrogens with zero attached hydrogens (tertiary/aromatic N) is 2. The van der Waals surface area contributed by atoms with Gasteiger partial charge in [0.15, 0.2) is 0 Å². The average molecular weight is 235 g/mol. The summed E-state index contributed by atoms with van der Waals surface area (Å²) in [7, 11) is 1.86. The van der Waals surface area contributed by atoms with Crippen LogP contribution in [0.2, 0.25) is 0 Å². The largest absolute Gasteiger partial charge is 0.397 e. The number of carbonyl (C=O) groups is 1. The highest BCUT2D eigenvalue weighted by molar-refractivity contribution is 5.93. The van der Waals surface area contributed by atoms with Crippen LogP contribution in [0.4, 0.5) is 5.69 Å². The van der Waals surface area contributed by atoms with Crippen molar-refractivity contribution in [1.29, 1.82) is 0 Å². The first-order chi connectivity index (χ1) is 8.11. The van der Waals surface area contributed by atoms with Gasteiger partial charge in [-0.15, -0.1) is 0 Å². The molecule has 0 spiro atoms. The Balaban J connectivity index is 2.04. The number of nitrogens with two attached hydrogens (primary N) is 1. The quantitative estimate of drug-likeness (QED) is 0.850. The number of anilines is 1. The third-order valence-corrected chi connectivity index (χ3v) is 3.72. The zero-order valence-electron chi connectivity index (χ0n) is 10.6. The molecule has 4 heteroatoms. The van der Waals surface area contributed by atoms with E-state index in [1.54, 1.807) is 12.3 Å². The molecule has 4 nitrogen and oxygen atoms in total. The molecule has 17 heavy (non-hydrogen) atoms. The Hall–Kier alpha value is -1.45. The van der Waals surface area contributed by atoms with E-state index in [-0.39, 0.29) is 5.91 Å². The Morgan fingerprint density at radius 3 is 2.59 bits per heavy atom. The summed E-state index contributed by atoms with van der Waals surface area (Å²) in [6, 6.07) is 1.76. The highest BCUT2D eigenvalue weighted by Gasteiger charge is 2.24. The molecular formula is C13H21N3O. The number of hydrogen-bond acceptors (Lipinski definition) is 2. The molecule has 1 fully saturated rings. The van der Waals surface area contributed by atoms with Crippen LogP contribution < -0.4 is 5.73 Å². The Kier molecular flexibility index (Phi) is 3.41. The van der Waals surface area contributed by atoms with Gasteiger partial charge < -0.3 is 15.2 Å². The first-order valence-electron chi connectivity index (χ1n) is 6.33. The van der Waals surface area contributed by atoms with Crippen molar-refractivity contribution in [2.75, 3.05) is 18.8 Å². The number of likely N-dealkylation sites (tertiary alicyclic amines) is 1. The van der Waals surface area contributed by atoms with Crippen molar-refractivity contribution in [3.8, 4) is 0 Å². The molecule has 1 aromatic rings. The maximum Gasteiger partial charge on any atom is 0.270 e. The fourth-order valence-electron chi connectivity index (χ4n) is 2.51. The van der Waals surface area contributed by atoms with Gasteiger partial charge in [0, 0.05) is 26.3 Å². The van der Waals surface area contributed by atoms with Crippen LogP contribution >= 0.6 is 0 Å². The van der Waals surface area contributed by atoms with E-state index < -0.39 is 0 Å². The maximum atomic E-state index is 12.3. The van der Waals surface area contributed by atoms with Gasteiger partial charge in [-0.05, 0) is 24.8 Å². The molecule has 94 valence electrons. The molecule has 0 atom stereocenters. The van der Waals surface area contributed by atoms with Crippen LogP contribution in [0.5, 0.6) is 0 Å². The van der Waals surface area contributed by atoms with E-state index in [4.69, 9.17) is 5.73 Å². The number of aromatic nitrogens is 1. The second kappa shape index (κ2) is 4.82. The minimum Gasteiger partial charge on any atom is -0.397 e. The SMILES string of the molecule is CCC1CCN(C(=O)c2cc(N)cn2C)CC1. The zero-order valence-corrected chi connectivity index (χ0v) is 10.6. The van der Waals surface area contributed by atoms with Gasteiger partial charge in [0.1, 0.15) is 5.69 Å². The minimum atomic E-state index is 0.110. The van der Waals surface area contributed by atoms with Crippen molar-refractivity contribution in [3.05, 3.63) is 18.0 Å². The second-order valence-corrected chi connectivity index (χ2v) is 4.91. The zero-order chi connectivity index (χ0) is 12.4. The summed E-state index contributed by atoms with van der Waals surface area (Å²) in [5.41, 5.74) is 7.04. The summed E-state index contributed by atoms with van der Waals surface area (Å²) in [6.07, 6.45) is 5.26. The maximum absolute atomic E-state index is 12.3. The molecule has 0 radical (unpaired) electrons. The van der Waals surface area contributed by atoms with Crippen LogP contribution in [0.3, 0.4) is 0 Å². The lowest BCUT2D eigenvalue weighted by molar-refractivity contribution is 0.0679. The third-order valence-electron chi connectivity index (χ3n) is 3.72. The number of piperidine rings is 1. The predicted molar refractivity (Wildman–Crippen MR) is 68.7 cm³/mol. The van der Waals surface area contributed by atoms with E-state index >= 15 is 0 Å². The number of amides is 1. The third kappa shape index (κ3) is 2.46. The molecule has 0 saturated carbocycles. The normalized spacial score (nSPS) is 17.4. The molecule has 1 aromatic heterocycles. The highest BCUT2D eigenvalue weighted by Crippen LogP contribution is 2.22. The van der Waals surface area contributed by atoms with Crippen molar-refractivity contribution in [3.63, 3.8) is 0 Å². The van der Waals surface area contributed by atoms with Gasteiger partial charge in [0.05, 0.1) is 5.69 Å². The average Bonchev–Trinajstić information content (AvgIpc) is 2.68. The molecule has 0 aromatic carbocycles. The van der Waals surface area contributed by atoms with E-state index in [2.05, 4.69) is 6.92 Å². The standard InChI is InChI=1S/C13H21N3O/c1-3-10-4-6-16(7-5-10)13(17)12-8-11(14)9-15(12)2/h8-10H,3-7,14H2,1-2H3. The summed E-state index contributed by atoms with van der Waals surface area (Å²) >= 11 is 0. The van der Waals surface area contributed by atoms with E-state index in [1.165, 1.54) is 6.42 Å². The van der Waals surface area contributed by atoms with Crippen LogP contribution in [0.1, 0.15) is 36.7 Å². The number of hydrogen-bond donors (Lipinski definition) is 1. The van der Waals surface area contributed by atoms with Gasteiger partial charge in [0.25, 0.3) is 5.91 Å². The molecule has 2 rings (SSSR count). The molecule has 2 heterocycles. The fraction of sp³-hybridized carbons (Fsp3) is 0.615.